The lowest BCUT2D eigenvalue weighted by molar-refractivity contribution is 0.0694. The van der Waals surface area contributed by atoms with Gasteiger partial charge in [0.05, 0.1) is 6.54 Å². The summed E-state index contributed by atoms with van der Waals surface area (Å²) < 4.78 is 5.82. The second-order valence-corrected chi connectivity index (χ2v) is 4.83. The maximum atomic E-state index is 11.8. The lowest BCUT2D eigenvalue weighted by Crippen LogP contribution is -2.23. The number of hydrogen-bond donors (Lipinski definition) is 2. The van der Waals surface area contributed by atoms with Crippen LogP contribution in [0.25, 0.3) is 0 Å². The van der Waals surface area contributed by atoms with Crippen LogP contribution >= 0.6 is 15.9 Å². The van der Waals surface area contributed by atoms with Crippen LogP contribution in [-0.2, 0) is 6.54 Å². The number of amides is 1. The van der Waals surface area contributed by atoms with E-state index >= 15 is 0 Å². The monoisotopic (exact) mass is 338 g/mol. The maximum Gasteiger partial charge on any atom is 0.339 e. The molecule has 0 fully saturated rings. The number of carbonyl (C=O) groups excluding carboxylic acids is 1. The molecule has 7 heteroatoms. The van der Waals surface area contributed by atoms with E-state index in [1.165, 1.54) is 6.07 Å². The molecule has 2 heterocycles. The normalized spacial score (nSPS) is 10.3. The van der Waals surface area contributed by atoms with E-state index in [2.05, 4.69) is 26.2 Å². The van der Waals surface area contributed by atoms with Crippen LogP contribution in [0.2, 0.25) is 0 Å². The van der Waals surface area contributed by atoms with Crippen LogP contribution in [0.3, 0.4) is 0 Å². The fourth-order valence-corrected chi connectivity index (χ4v) is 1.98. The van der Waals surface area contributed by atoms with Gasteiger partial charge >= 0.3 is 5.97 Å². The van der Waals surface area contributed by atoms with Crippen molar-refractivity contribution in [2.24, 2.45) is 0 Å². The molecule has 0 aromatic carbocycles. The molecule has 0 bridgehead atoms. The number of carbonyl (C=O) groups is 2. The molecule has 2 aromatic heterocycles. The van der Waals surface area contributed by atoms with E-state index < -0.39 is 5.97 Å². The summed E-state index contributed by atoms with van der Waals surface area (Å²) in [4.78, 5) is 26.7. The standard InChI is InChI=1S/C13H11BrN2O4/c1-7-9(13(18)19)5-8(20-7)6-15-12(17)10-3-2-4-11(14)16-10/h2-5H,6H2,1H3,(H,15,17)(H,18,19). The average molecular weight is 339 g/mol. The van der Waals surface area contributed by atoms with Crippen LogP contribution in [0.15, 0.2) is 33.3 Å². The van der Waals surface area contributed by atoms with E-state index in [9.17, 15) is 9.59 Å². The Labute approximate surface area is 122 Å². The second kappa shape index (κ2) is 5.87. The molecule has 2 rings (SSSR count). The molecule has 0 unspecified atom stereocenters. The van der Waals surface area contributed by atoms with Gasteiger partial charge in [-0.3, -0.25) is 4.79 Å². The molecule has 0 spiro atoms. The Hall–Kier alpha value is -2.15. The number of carboxylic acids is 1. The number of carboxylic acid groups (broad SMARTS) is 1. The highest BCUT2D eigenvalue weighted by atomic mass is 79.9. The number of aromatic carboxylic acids is 1. The molecule has 0 aliphatic rings. The van der Waals surface area contributed by atoms with Crippen molar-refractivity contribution in [3.63, 3.8) is 0 Å². The Morgan fingerprint density at radius 3 is 2.80 bits per heavy atom. The minimum Gasteiger partial charge on any atom is -0.478 e. The van der Waals surface area contributed by atoms with Crippen molar-refractivity contribution in [1.82, 2.24) is 10.3 Å². The first-order valence-electron chi connectivity index (χ1n) is 5.70. The van der Waals surface area contributed by atoms with Gasteiger partial charge in [0.15, 0.2) is 0 Å². The molecule has 1 amide bonds. The third-order valence-corrected chi connectivity index (χ3v) is 3.01. The number of aromatic nitrogens is 1. The molecule has 0 atom stereocenters. The molecule has 0 aliphatic heterocycles. The smallest absolute Gasteiger partial charge is 0.339 e. The summed E-state index contributed by atoms with van der Waals surface area (Å²) in [6, 6.07) is 6.39. The number of nitrogens with one attached hydrogen (secondary N) is 1. The van der Waals surface area contributed by atoms with E-state index in [0.29, 0.717) is 16.1 Å². The Bertz CT molecular complexity index is 666. The molecule has 0 aliphatic carbocycles. The molecule has 2 N–H and O–H groups in total. The summed E-state index contributed by atoms with van der Waals surface area (Å²) in [7, 11) is 0. The van der Waals surface area contributed by atoms with Gasteiger partial charge in [-0.25, -0.2) is 9.78 Å². The van der Waals surface area contributed by atoms with Crippen molar-refractivity contribution in [2.75, 3.05) is 0 Å². The first-order valence-corrected chi connectivity index (χ1v) is 6.50. The molecule has 104 valence electrons. The van der Waals surface area contributed by atoms with Crippen molar-refractivity contribution in [3.8, 4) is 0 Å². The van der Waals surface area contributed by atoms with Gasteiger partial charge in [-0.05, 0) is 41.1 Å². The molecule has 2 aromatic rings. The van der Waals surface area contributed by atoms with Gasteiger partial charge < -0.3 is 14.8 Å². The van der Waals surface area contributed by atoms with E-state index in [1.54, 1.807) is 25.1 Å². The number of furan rings is 1. The van der Waals surface area contributed by atoms with Gasteiger partial charge in [0.2, 0.25) is 0 Å². The van der Waals surface area contributed by atoms with Crippen LogP contribution in [0.4, 0.5) is 0 Å². The van der Waals surface area contributed by atoms with Gasteiger partial charge in [0.1, 0.15) is 27.4 Å². The summed E-state index contributed by atoms with van der Waals surface area (Å²) in [5, 5.41) is 11.5. The highest BCUT2D eigenvalue weighted by Crippen LogP contribution is 2.14. The van der Waals surface area contributed by atoms with Crippen molar-refractivity contribution in [2.45, 2.75) is 13.5 Å². The molecular weight excluding hydrogens is 328 g/mol. The number of aryl methyl sites for hydroxylation is 1. The molecule has 0 saturated heterocycles. The zero-order valence-corrected chi connectivity index (χ0v) is 12.1. The zero-order valence-electron chi connectivity index (χ0n) is 10.5. The van der Waals surface area contributed by atoms with Gasteiger partial charge in [-0.1, -0.05) is 6.07 Å². The second-order valence-electron chi connectivity index (χ2n) is 4.02. The van der Waals surface area contributed by atoms with Gasteiger partial charge in [-0.2, -0.15) is 0 Å². The first kappa shape index (κ1) is 14.3. The predicted molar refractivity (Wildman–Crippen MR) is 73.5 cm³/mol. The average Bonchev–Trinajstić information content (AvgIpc) is 2.77. The predicted octanol–water partition coefficient (Wildman–Crippen LogP) is 2.37. The third kappa shape index (κ3) is 3.24. The maximum absolute atomic E-state index is 11.8. The minimum absolute atomic E-state index is 0.0924. The summed E-state index contributed by atoms with van der Waals surface area (Å²) in [6.45, 7) is 1.66. The van der Waals surface area contributed by atoms with E-state index in [1.807, 2.05) is 0 Å². The first-order chi connectivity index (χ1) is 9.47. The van der Waals surface area contributed by atoms with E-state index in [-0.39, 0.29) is 23.7 Å². The molecule has 0 saturated carbocycles. The van der Waals surface area contributed by atoms with Crippen molar-refractivity contribution < 1.29 is 19.1 Å². The lowest BCUT2D eigenvalue weighted by atomic mass is 10.2. The Balaban J connectivity index is 2.04. The van der Waals surface area contributed by atoms with Crippen LogP contribution in [-0.4, -0.2) is 22.0 Å². The minimum atomic E-state index is -1.06. The van der Waals surface area contributed by atoms with E-state index in [4.69, 9.17) is 9.52 Å². The fourth-order valence-electron chi connectivity index (χ4n) is 1.64. The van der Waals surface area contributed by atoms with Crippen LogP contribution < -0.4 is 5.32 Å². The van der Waals surface area contributed by atoms with Gasteiger partial charge in [-0.15, -0.1) is 0 Å². The third-order valence-electron chi connectivity index (χ3n) is 2.57. The van der Waals surface area contributed by atoms with E-state index in [0.717, 1.165) is 0 Å². The van der Waals surface area contributed by atoms with Crippen LogP contribution in [0.5, 0.6) is 0 Å². The summed E-state index contributed by atoms with van der Waals surface area (Å²) in [5.41, 5.74) is 0.357. The van der Waals surface area contributed by atoms with Crippen molar-refractivity contribution in [1.29, 1.82) is 0 Å². The summed E-state index contributed by atoms with van der Waals surface area (Å²) in [5.74, 6) is -0.736. The number of nitrogens with zero attached hydrogens (tertiary/aromatic N) is 1. The fraction of sp³-hybridized carbons (Fsp3) is 0.154. The number of hydrogen-bond acceptors (Lipinski definition) is 4. The summed E-state index contributed by atoms with van der Waals surface area (Å²) >= 11 is 3.18. The van der Waals surface area contributed by atoms with Crippen molar-refractivity contribution in [3.05, 3.63) is 51.6 Å². The Morgan fingerprint density at radius 2 is 2.20 bits per heavy atom. The number of halogens is 1. The topological polar surface area (TPSA) is 92.4 Å². The van der Waals surface area contributed by atoms with Crippen LogP contribution in [0.1, 0.15) is 32.4 Å². The largest absolute Gasteiger partial charge is 0.478 e. The Kier molecular flexibility index (Phi) is 4.19. The molecule has 0 radical (unpaired) electrons. The number of pyridine rings is 1. The van der Waals surface area contributed by atoms with Gasteiger partial charge in [0.25, 0.3) is 5.91 Å². The van der Waals surface area contributed by atoms with Crippen molar-refractivity contribution >= 4 is 27.8 Å². The zero-order chi connectivity index (χ0) is 14.7. The highest BCUT2D eigenvalue weighted by molar-refractivity contribution is 9.10. The highest BCUT2D eigenvalue weighted by Gasteiger charge is 2.14. The van der Waals surface area contributed by atoms with Gasteiger partial charge in [0, 0.05) is 0 Å². The quantitative estimate of drug-likeness (QED) is 0.835. The molecule has 20 heavy (non-hydrogen) atoms. The SMILES string of the molecule is Cc1oc(CNC(=O)c2cccc(Br)n2)cc1C(=O)O. The van der Waals surface area contributed by atoms with Crippen LogP contribution in [0, 0.1) is 6.92 Å². The molecule has 6 nitrogen and oxygen atoms in total. The number of rotatable bonds is 4. The molecular formula is C13H11BrN2O4. The Morgan fingerprint density at radius 1 is 1.45 bits per heavy atom. The lowest BCUT2D eigenvalue weighted by Gasteiger charge is -2.02. The summed E-state index contributed by atoms with van der Waals surface area (Å²) in [6.07, 6.45) is 0.